The van der Waals surface area contributed by atoms with Crippen LogP contribution in [-0.4, -0.2) is 0 Å². The van der Waals surface area contributed by atoms with Crippen molar-refractivity contribution in [3.8, 4) is 0 Å². The second-order valence-electron chi connectivity index (χ2n) is 6.95. The van der Waals surface area contributed by atoms with Gasteiger partial charge in [-0.1, -0.05) is 71.5 Å². The van der Waals surface area contributed by atoms with Gasteiger partial charge in [0.15, 0.2) is 17.6 Å². The molecular formula is C25H17ClNO2S+. The molecule has 0 aliphatic rings. The molecule has 0 N–H and O–H groups in total. The maximum atomic E-state index is 12.9. The molecule has 30 heavy (non-hydrogen) atoms. The molecule has 146 valence electrons. The minimum Gasteiger partial charge on any atom is -0.462 e. The van der Waals surface area contributed by atoms with Crippen LogP contribution in [-0.2, 0) is 6.54 Å². The Morgan fingerprint density at radius 1 is 0.933 bits per heavy atom. The third-order valence-corrected chi connectivity index (χ3v) is 6.43. The van der Waals surface area contributed by atoms with Crippen LogP contribution in [0.2, 0.25) is 5.02 Å². The van der Waals surface area contributed by atoms with E-state index in [0.717, 1.165) is 11.6 Å². The summed E-state index contributed by atoms with van der Waals surface area (Å²) in [6.07, 6.45) is 5.27. The largest absolute Gasteiger partial charge is 0.462 e. The Hall–Kier alpha value is -3.21. The van der Waals surface area contributed by atoms with Crippen LogP contribution in [0.4, 0.5) is 0 Å². The van der Waals surface area contributed by atoms with Crippen LogP contribution in [0.1, 0.15) is 16.1 Å². The summed E-state index contributed by atoms with van der Waals surface area (Å²) in [6, 6.07) is 23.9. The van der Waals surface area contributed by atoms with E-state index in [1.54, 1.807) is 29.5 Å². The van der Waals surface area contributed by atoms with Crippen molar-refractivity contribution in [1.82, 2.24) is 0 Å². The maximum absolute atomic E-state index is 12.9. The fourth-order valence-corrected chi connectivity index (χ4v) is 4.80. The molecule has 2 aromatic heterocycles. The molecule has 0 amide bonds. The average molecular weight is 431 g/mol. The summed E-state index contributed by atoms with van der Waals surface area (Å²) in [4.78, 5) is 12.9. The minimum atomic E-state index is -0.0919. The predicted octanol–water partition coefficient (Wildman–Crippen LogP) is 6.17. The average Bonchev–Trinajstić information content (AvgIpc) is 3.12. The molecule has 0 fully saturated rings. The number of aromatic nitrogens is 1. The van der Waals surface area contributed by atoms with E-state index in [2.05, 4.69) is 28.8 Å². The molecular weight excluding hydrogens is 414 g/mol. The molecule has 0 saturated carbocycles. The van der Waals surface area contributed by atoms with Gasteiger partial charge < -0.3 is 4.42 Å². The molecule has 5 aromatic rings. The molecule has 0 spiro atoms. The lowest BCUT2D eigenvalue weighted by Crippen LogP contribution is -2.35. The Morgan fingerprint density at radius 2 is 1.73 bits per heavy atom. The number of rotatable bonds is 4. The topological polar surface area (TPSA) is 34.1 Å². The molecule has 0 aliphatic carbocycles. The Bertz CT molecular complexity index is 1450. The summed E-state index contributed by atoms with van der Waals surface area (Å²) in [5, 5.41) is 1.98. The van der Waals surface area contributed by atoms with Crippen LogP contribution >= 0.6 is 22.9 Å². The molecule has 0 radical (unpaired) electrons. The zero-order chi connectivity index (χ0) is 20.5. The van der Waals surface area contributed by atoms with Gasteiger partial charge >= 0.3 is 0 Å². The smallest absolute Gasteiger partial charge is 0.263 e. The minimum absolute atomic E-state index is 0.0919. The van der Waals surface area contributed by atoms with Gasteiger partial charge in [-0.05, 0) is 24.3 Å². The van der Waals surface area contributed by atoms with E-state index in [1.807, 2.05) is 42.5 Å². The van der Waals surface area contributed by atoms with Crippen LogP contribution in [0.3, 0.4) is 0 Å². The van der Waals surface area contributed by atoms with Crippen molar-refractivity contribution in [3.63, 3.8) is 0 Å². The number of nitrogens with zero attached hydrogens (tertiary/aromatic N) is 1. The molecule has 3 aromatic carbocycles. The highest BCUT2D eigenvalue weighted by Gasteiger charge is 2.19. The van der Waals surface area contributed by atoms with Crippen molar-refractivity contribution >= 4 is 56.3 Å². The summed E-state index contributed by atoms with van der Waals surface area (Å²) in [6.45, 7) is 0.756. The van der Waals surface area contributed by atoms with Crippen LogP contribution in [0, 0.1) is 0 Å². The normalized spacial score (nSPS) is 11.6. The second-order valence-corrected chi connectivity index (χ2v) is 8.42. The monoisotopic (exact) mass is 430 g/mol. The van der Waals surface area contributed by atoms with Crippen LogP contribution in [0.15, 0.2) is 88.3 Å². The third kappa shape index (κ3) is 3.45. The number of fused-ring (bicyclic) bond motifs is 2. The van der Waals surface area contributed by atoms with Crippen molar-refractivity contribution in [3.05, 3.63) is 110 Å². The molecule has 0 atom stereocenters. The first-order valence-electron chi connectivity index (χ1n) is 9.54. The maximum Gasteiger partial charge on any atom is 0.263 e. The molecule has 0 saturated heterocycles. The highest BCUT2D eigenvalue weighted by atomic mass is 35.5. The number of hydrogen-bond donors (Lipinski definition) is 0. The molecule has 2 heterocycles. The fourth-order valence-electron chi connectivity index (χ4n) is 3.52. The zero-order valence-corrected chi connectivity index (χ0v) is 17.5. The van der Waals surface area contributed by atoms with E-state index in [-0.39, 0.29) is 5.43 Å². The predicted molar refractivity (Wildman–Crippen MR) is 124 cm³/mol. The van der Waals surface area contributed by atoms with Gasteiger partial charge in [-0.2, -0.15) is 4.57 Å². The molecule has 0 bridgehead atoms. The Kier molecular flexibility index (Phi) is 4.95. The van der Waals surface area contributed by atoms with E-state index in [4.69, 9.17) is 16.0 Å². The van der Waals surface area contributed by atoms with Gasteiger partial charge in [0.25, 0.3) is 5.01 Å². The molecule has 0 aliphatic heterocycles. The number of benzene rings is 3. The lowest BCUT2D eigenvalue weighted by Gasteiger charge is -2.00. The van der Waals surface area contributed by atoms with E-state index >= 15 is 0 Å². The van der Waals surface area contributed by atoms with Crippen LogP contribution < -0.4 is 10.00 Å². The quantitative estimate of drug-likeness (QED) is 0.319. The fraction of sp³-hybridized carbons (Fsp3) is 0.0400. The van der Waals surface area contributed by atoms with Gasteiger partial charge in [-0.15, -0.1) is 0 Å². The highest BCUT2D eigenvalue weighted by molar-refractivity contribution is 7.18. The SMILES string of the molecule is O=c1c(/C=C/c2sc3ccccc3[n+]2Cc2ccccc2)coc2c(Cl)cccc12. The van der Waals surface area contributed by atoms with Crippen molar-refractivity contribution in [2.24, 2.45) is 0 Å². The van der Waals surface area contributed by atoms with Gasteiger partial charge in [0.2, 0.25) is 5.52 Å². The van der Waals surface area contributed by atoms with E-state index < -0.39 is 0 Å². The van der Waals surface area contributed by atoms with Gasteiger partial charge in [-0.25, -0.2) is 0 Å². The summed E-state index contributed by atoms with van der Waals surface area (Å²) >= 11 is 7.84. The van der Waals surface area contributed by atoms with Gasteiger partial charge in [0.05, 0.1) is 16.0 Å². The van der Waals surface area contributed by atoms with Crippen molar-refractivity contribution in [2.45, 2.75) is 6.54 Å². The highest BCUT2D eigenvalue weighted by Crippen LogP contribution is 2.24. The summed E-state index contributed by atoms with van der Waals surface area (Å²) < 4.78 is 9.11. The van der Waals surface area contributed by atoms with Gasteiger partial charge in [-0.3, -0.25) is 4.79 Å². The van der Waals surface area contributed by atoms with Gasteiger partial charge in [0, 0.05) is 17.7 Å². The molecule has 5 rings (SSSR count). The first-order valence-corrected chi connectivity index (χ1v) is 10.7. The van der Waals surface area contributed by atoms with Crippen molar-refractivity contribution in [1.29, 1.82) is 0 Å². The molecule has 3 nitrogen and oxygen atoms in total. The first-order chi connectivity index (χ1) is 14.7. The zero-order valence-electron chi connectivity index (χ0n) is 15.9. The molecule has 5 heteroatoms. The van der Waals surface area contributed by atoms with E-state index in [1.165, 1.54) is 22.0 Å². The van der Waals surface area contributed by atoms with Crippen LogP contribution in [0.5, 0.6) is 0 Å². The number of para-hydroxylation sites is 2. The summed E-state index contributed by atoms with van der Waals surface area (Å²) in [7, 11) is 0. The lowest BCUT2D eigenvalue weighted by molar-refractivity contribution is -0.659. The second kappa shape index (κ2) is 7.90. The summed E-state index contributed by atoms with van der Waals surface area (Å²) in [5.41, 5.74) is 3.21. The molecule has 0 unspecified atom stereocenters. The Balaban J connectivity index is 1.59. The van der Waals surface area contributed by atoms with Gasteiger partial charge in [0.1, 0.15) is 11.0 Å². The summed E-state index contributed by atoms with van der Waals surface area (Å²) in [5.74, 6) is 0. The lowest BCUT2D eigenvalue weighted by atomic mass is 10.1. The van der Waals surface area contributed by atoms with Crippen molar-refractivity contribution < 1.29 is 8.98 Å². The first kappa shape index (κ1) is 18.8. The Labute approximate surface area is 182 Å². The number of halogens is 1. The van der Waals surface area contributed by atoms with E-state index in [9.17, 15) is 4.79 Å². The van der Waals surface area contributed by atoms with E-state index in [0.29, 0.717) is 21.6 Å². The number of thiazole rings is 1. The Morgan fingerprint density at radius 3 is 2.60 bits per heavy atom. The standard InChI is InChI=1S/C25H17ClNO2S/c26-20-10-6-9-19-24(28)18(16-29-25(19)20)13-14-23-27(15-17-7-2-1-3-8-17)21-11-4-5-12-22(21)30-23/h1-14,16H,15H2/q+1/b14-13+. The van der Waals surface area contributed by atoms with Crippen LogP contribution in [0.25, 0.3) is 33.3 Å². The number of hydrogen-bond acceptors (Lipinski definition) is 3. The third-order valence-electron chi connectivity index (χ3n) is 5.00. The van der Waals surface area contributed by atoms with Crippen molar-refractivity contribution in [2.75, 3.05) is 0 Å².